The van der Waals surface area contributed by atoms with Gasteiger partial charge in [-0.3, -0.25) is 9.69 Å². The van der Waals surface area contributed by atoms with Crippen molar-refractivity contribution in [3.63, 3.8) is 0 Å². The minimum absolute atomic E-state index is 0.281. The highest BCUT2D eigenvalue weighted by molar-refractivity contribution is 5.80. The summed E-state index contributed by atoms with van der Waals surface area (Å²) in [5.74, 6) is 0.0685. The first-order chi connectivity index (χ1) is 11.0. The van der Waals surface area contributed by atoms with Gasteiger partial charge in [-0.25, -0.2) is 8.78 Å². The predicted octanol–water partition coefficient (Wildman–Crippen LogP) is 3.05. The first-order valence-corrected chi connectivity index (χ1v) is 8.43. The lowest BCUT2D eigenvalue weighted by molar-refractivity contribution is -0.132. The normalized spacial score (nSPS) is 19.8. The highest BCUT2D eigenvalue weighted by Gasteiger charge is 2.33. The summed E-state index contributed by atoms with van der Waals surface area (Å²) in [5, 5.41) is 0. The number of carbonyl (C=O) groups is 1. The highest BCUT2D eigenvalue weighted by atomic mass is 19.1. The molecule has 0 N–H and O–H groups in total. The van der Waals surface area contributed by atoms with E-state index in [-0.39, 0.29) is 5.92 Å². The molecule has 1 aliphatic heterocycles. The minimum Gasteiger partial charge on any atom is -0.345 e. The van der Waals surface area contributed by atoms with Gasteiger partial charge in [0.1, 0.15) is 11.6 Å². The first-order valence-electron chi connectivity index (χ1n) is 8.43. The van der Waals surface area contributed by atoms with Crippen molar-refractivity contribution >= 4 is 5.91 Å². The summed E-state index contributed by atoms with van der Waals surface area (Å²) in [6.45, 7) is 3.23. The Morgan fingerprint density at radius 1 is 1.13 bits per heavy atom. The van der Waals surface area contributed by atoms with E-state index in [1.165, 1.54) is 12.1 Å². The number of nitrogens with zero attached hydrogens (tertiary/aromatic N) is 2. The molecule has 1 amide bonds. The van der Waals surface area contributed by atoms with Gasteiger partial charge in [0.2, 0.25) is 5.91 Å². The summed E-state index contributed by atoms with van der Waals surface area (Å²) in [6.07, 6.45) is 4.15. The fraction of sp³-hybridized carbons (Fsp3) is 0.611. The molecule has 1 aliphatic carbocycles. The molecule has 126 valence electrons. The fourth-order valence-corrected chi connectivity index (χ4v) is 3.41. The monoisotopic (exact) mass is 322 g/mol. The third-order valence-electron chi connectivity index (χ3n) is 4.87. The van der Waals surface area contributed by atoms with Crippen LogP contribution in [0.15, 0.2) is 18.2 Å². The second kappa shape index (κ2) is 6.95. The maximum absolute atomic E-state index is 13.2. The van der Waals surface area contributed by atoms with Crippen LogP contribution < -0.4 is 0 Å². The Morgan fingerprint density at radius 3 is 2.30 bits per heavy atom. The average Bonchev–Trinajstić information content (AvgIpc) is 3.32. The molecule has 3 rings (SSSR count). The molecular weight excluding hydrogens is 298 g/mol. The van der Waals surface area contributed by atoms with Crippen molar-refractivity contribution in [1.82, 2.24) is 9.80 Å². The zero-order chi connectivity index (χ0) is 16.4. The van der Waals surface area contributed by atoms with E-state index >= 15 is 0 Å². The van der Waals surface area contributed by atoms with Gasteiger partial charge in [-0.05, 0) is 62.4 Å². The van der Waals surface area contributed by atoms with E-state index in [1.807, 2.05) is 11.9 Å². The number of hydrogen-bond donors (Lipinski definition) is 0. The van der Waals surface area contributed by atoms with Crippen molar-refractivity contribution in [3.05, 3.63) is 35.4 Å². The van der Waals surface area contributed by atoms with Crippen LogP contribution in [0.3, 0.4) is 0 Å². The van der Waals surface area contributed by atoms with E-state index in [9.17, 15) is 13.6 Å². The Balaban J connectivity index is 1.45. The Labute approximate surface area is 136 Å². The molecule has 0 unspecified atom stereocenters. The SMILES string of the molecule is CN(CC1CCN(Cc2cc(F)cc(F)c2)CC1)C(=O)C1CC1. The van der Waals surface area contributed by atoms with Crippen molar-refractivity contribution in [2.45, 2.75) is 32.2 Å². The molecule has 3 nitrogen and oxygen atoms in total. The van der Waals surface area contributed by atoms with Gasteiger partial charge < -0.3 is 4.90 Å². The third-order valence-corrected chi connectivity index (χ3v) is 4.87. The number of carbonyl (C=O) groups excluding carboxylic acids is 1. The second-order valence-electron chi connectivity index (χ2n) is 6.99. The van der Waals surface area contributed by atoms with Crippen molar-refractivity contribution < 1.29 is 13.6 Å². The molecular formula is C18H24F2N2O. The zero-order valence-corrected chi connectivity index (χ0v) is 13.6. The Hall–Kier alpha value is -1.49. The second-order valence-corrected chi connectivity index (χ2v) is 6.99. The van der Waals surface area contributed by atoms with Crippen LogP contribution in [0.2, 0.25) is 0 Å². The van der Waals surface area contributed by atoms with E-state index < -0.39 is 11.6 Å². The number of amides is 1. The van der Waals surface area contributed by atoms with E-state index in [0.29, 0.717) is 23.9 Å². The third kappa shape index (κ3) is 4.50. The molecule has 1 saturated heterocycles. The van der Waals surface area contributed by atoms with Crippen molar-refractivity contribution in [3.8, 4) is 0 Å². The van der Waals surface area contributed by atoms with Gasteiger partial charge in [-0.15, -0.1) is 0 Å². The maximum atomic E-state index is 13.2. The maximum Gasteiger partial charge on any atom is 0.225 e. The van der Waals surface area contributed by atoms with Gasteiger partial charge in [0.05, 0.1) is 0 Å². The van der Waals surface area contributed by atoms with Gasteiger partial charge in [0.15, 0.2) is 0 Å². The van der Waals surface area contributed by atoms with Gasteiger partial charge in [-0.1, -0.05) is 0 Å². The summed E-state index contributed by atoms with van der Waals surface area (Å²) in [6, 6.07) is 3.71. The molecule has 0 atom stereocenters. The summed E-state index contributed by atoms with van der Waals surface area (Å²) in [4.78, 5) is 16.1. The van der Waals surface area contributed by atoms with Crippen LogP contribution in [0.5, 0.6) is 0 Å². The summed E-state index contributed by atoms with van der Waals surface area (Å²) < 4.78 is 26.5. The van der Waals surface area contributed by atoms with E-state index in [1.54, 1.807) is 0 Å². The topological polar surface area (TPSA) is 23.6 Å². The lowest BCUT2D eigenvalue weighted by Gasteiger charge is -2.34. The molecule has 1 saturated carbocycles. The quantitative estimate of drug-likeness (QED) is 0.832. The molecule has 5 heteroatoms. The molecule has 1 aromatic carbocycles. The predicted molar refractivity (Wildman–Crippen MR) is 84.7 cm³/mol. The number of halogens is 2. The highest BCUT2D eigenvalue weighted by Crippen LogP contribution is 2.31. The number of piperidine rings is 1. The fourth-order valence-electron chi connectivity index (χ4n) is 3.41. The van der Waals surface area contributed by atoms with E-state index in [2.05, 4.69) is 4.90 Å². The smallest absolute Gasteiger partial charge is 0.225 e. The van der Waals surface area contributed by atoms with Crippen LogP contribution in [-0.4, -0.2) is 42.4 Å². The van der Waals surface area contributed by atoms with Crippen molar-refractivity contribution in [2.75, 3.05) is 26.7 Å². The number of hydrogen-bond acceptors (Lipinski definition) is 2. The molecule has 0 spiro atoms. The van der Waals surface area contributed by atoms with Gasteiger partial charge in [0, 0.05) is 32.1 Å². The summed E-state index contributed by atoms with van der Waals surface area (Å²) in [7, 11) is 1.91. The lowest BCUT2D eigenvalue weighted by Crippen LogP contribution is -2.39. The molecule has 0 aromatic heterocycles. The Bertz CT molecular complexity index is 546. The molecule has 0 radical (unpaired) electrons. The van der Waals surface area contributed by atoms with Gasteiger partial charge in [0.25, 0.3) is 0 Å². The van der Waals surface area contributed by atoms with Crippen LogP contribution in [0.25, 0.3) is 0 Å². The van der Waals surface area contributed by atoms with Crippen LogP contribution in [0, 0.1) is 23.5 Å². The Kier molecular flexibility index (Phi) is 4.95. The summed E-state index contributed by atoms with van der Waals surface area (Å²) >= 11 is 0. The van der Waals surface area contributed by atoms with E-state index in [0.717, 1.165) is 51.4 Å². The van der Waals surface area contributed by atoms with E-state index in [4.69, 9.17) is 0 Å². The van der Waals surface area contributed by atoms with Crippen LogP contribution in [-0.2, 0) is 11.3 Å². The number of rotatable bonds is 5. The molecule has 1 aromatic rings. The Morgan fingerprint density at radius 2 is 1.74 bits per heavy atom. The largest absolute Gasteiger partial charge is 0.345 e. The van der Waals surface area contributed by atoms with Crippen LogP contribution >= 0.6 is 0 Å². The molecule has 1 heterocycles. The molecule has 0 bridgehead atoms. The molecule has 2 fully saturated rings. The molecule has 23 heavy (non-hydrogen) atoms. The molecule has 2 aliphatic rings. The van der Waals surface area contributed by atoms with Gasteiger partial charge in [-0.2, -0.15) is 0 Å². The summed E-state index contributed by atoms with van der Waals surface area (Å²) in [5.41, 5.74) is 0.682. The standard InChI is InChI=1S/C18H24F2N2O/c1-21(18(23)15-2-3-15)11-13-4-6-22(7-5-13)12-14-8-16(19)10-17(20)9-14/h8-10,13,15H,2-7,11-12H2,1H3. The number of benzene rings is 1. The van der Waals surface area contributed by atoms with Gasteiger partial charge >= 0.3 is 0 Å². The van der Waals surface area contributed by atoms with Crippen LogP contribution in [0.4, 0.5) is 8.78 Å². The van der Waals surface area contributed by atoms with Crippen molar-refractivity contribution in [1.29, 1.82) is 0 Å². The first kappa shape index (κ1) is 16.4. The number of likely N-dealkylation sites (tertiary alicyclic amines) is 1. The van der Waals surface area contributed by atoms with Crippen molar-refractivity contribution in [2.24, 2.45) is 11.8 Å². The lowest BCUT2D eigenvalue weighted by atomic mass is 9.95. The zero-order valence-electron chi connectivity index (χ0n) is 13.6. The van der Waals surface area contributed by atoms with Crippen LogP contribution in [0.1, 0.15) is 31.2 Å². The minimum atomic E-state index is -0.518. The average molecular weight is 322 g/mol.